The highest BCUT2D eigenvalue weighted by atomic mass is 16.5. The van der Waals surface area contributed by atoms with E-state index >= 15 is 0 Å². The van der Waals surface area contributed by atoms with E-state index in [0.29, 0.717) is 12.2 Å². The molecule has 1 saturated heterocycles. The van der Waals surface area contributed by atoms with E-state index in [-0.39, 0.29) is 11.5 Å². The highest BCUT2D eigenvalue weighted by molar-refractivity contribution is 5.30. The Morgan fingerprint density at radius 3 is 2.61 bits per heavy atom. The zero-order valence-corrected chi connectivity index (χ0v) is 13.9. The third kappa shape index (κ3) is 3.27. The topological polar surface area (TPSA) is 63.7 Å². The van der Waals surface area contributed by atoms with Gasteiger partial charge in [0.25, 0.3) is 0 Å². The second-order valence-electron chi connectivity index (χ2n) is 7.04. The quantitative estimate of drug-likeness (QED) is 0.872. The van der Waals surface area contributed by atoms with Crippen LogP contribution in [0.25, 0.3) is 0 Å². The summed E-state index contributed by atoms with van der Waals surface area (Å²) in [6.45, 7) is 7.95. The number of rotatable bonds is 3. The average Bonchev–Trinajstić information content (AvgIpc) is 3.15. The predicted molar refractivity (Wildman–Crippen MR) is 86.9 cm³/mol. The Morgan fingerprint density at radius 2 is 2.04 bits per heavy atom. The molecule has 23 heavy (non-hydrogen) atoms. The van der Waals surface area contributed by atoms with Crippen LogP contribution in [0, 0.1) is 11.3 Å². The van der Waals surface area contributed by atoms with Gasteiger partial charge in [-0.2, -0.15) is 5.26 Å². The van der Waals surface area contributed by atoms with Crippen molar-refractivity contribution < 1.29 is 4.74 Å². The number of nitriles is 1. The van der Waals surface area contributed by atoms with Gasteiger partial charge in [0.2, 0.25) is 0 Å². The molecule has 1 atom stereocenters. The lowest BCUT2D eigenvalue weighted by atomic mass is 9.87. The van der Waals surface area contributed by atoms with Crippen molar-refractivity contribution in [3.05, 3.63) is 46.8 Å². The van der Waals surface area contributed by atoms with Gasteiger partial charge in [-0.15, -0.1) is 5.10 Å². The molecule has 0 radical (unpaired) electrons. The minimum absolute atomic E-state index is 0.0616. The van der Waals surface area contributed by atoms with E-state index in [9.17, 15) is 5.26 Å². The van der Waals surface area contributed by atoms with Crippen molar-refractivity contribution in [3.8, 4) is 6.07 Å². The van der Waals surface area contributed by atoms with Gasteiger partial charge in [-0.05, 0) is 29.4 Å². The first-order valence-corrected chi connectivity index (χ1v) is 8.03. The zero-order valence-electron chi connectivity index (χ0n) is 13.9. The first kappa shape index (κ1) is 15.7. The molecule has 1 aliphatic rings. The molecule has 0 N–H and O–H groups in total. The molecule has 1 aromatic carbocycles. The van der Waals surface area contributed by atoms with Crippen molar-refractivity contribution in [3.63, 3.8) is 0 Å². The summed E-state index contributed by atoms with van der Waals surface area (Å²) in [6.07, 6.45) is 1.87. The summed E-state index contributed by atoms with van der Waals surface area (Å²) in [5.74, 6) is 0. The zero-order chi connectivity index (χ0) is 16.4. The number of hydrogen-bond acceptors (Lipinski definition) is 4. The van der Waals surface area contributed by atoms with Crippen LogP contribution in [0.2, 0.25) is 0 Å². The number of benzene rings is 1. The summed E-state index contributed by atoms with van der Waals surface area (Å²) in [4.78, 5) is 0. The Bertz CT molecular complexity index is 713. The maximum atomic E-state index is 9.26. The molecule has 1 unspecified atom stereocenters. The van der Waals surface area contributed by atoms with Gasteiger partial charge in [0.1, 0.15) is 17.9 Å². The average molecular weight is 310 g/mol. The van der Waals surface area contributed by atoms with Gasteiger partial charge in [0.05, 0.1) is 6.54 Å². The van der Waals surface area contributed by atoms with Gasteiger partial charge < -0.3 is 4.74 Å². The highest BCUT2D eigenvalue weighted by Gasteiger charge is 2.26. The standard InChI is InChI=1S/C18H22N4O/c1-18(2,3)14-8-6-13(7-9-14)12-22-17(15(11-19)20-21-22)16-5-4-10-23-16/h6-9,16H,4-5,10,12H2,1-3H3. The number of ether oxygens (including phenoxy) is 1. The van der Waals surface area contributed by atoms with Crippen molar-refractivity contribution in [2.24, 2.45) is 0 Å². The lowest BCUT2D eigenvalue weighted by molar-refractivity contribution is 0.104. The van der Waals surface area contributed by atoms with E-state index in [2.05, 4.69) is 61.4 Å². The molecule has 1 fully saturated rings. The van der Waals surface area contributed by atoms with Crippen LogP contribution in [-0.4, -0.2) is 21.6 Å². The molecule has 5 heteroatoms. The van der Waals surface area contributed by atoms with Crippen molar-refractivity contribution in [2.45, 2.75) is 51.7 Å². The number of aromatic nitrogens is 3. The summed E-state index contributed by atoms with van der Waals surface area (Å²) in [5, 5.41) is 17.4. The third-order valence-corrected chi connectivity index (χ3v) is 4.27. The predicted octanol–water partition coefficient (Wildman–Crippen LogP) is 3.35. The summed E-state index contributed by atoms with van der Waals surface area (Å²) in [6, 6.07) is 10.7. The van der Waals surface area contributed by atoms with Gasteiger partial charge in [-0.1, -0.05) is 50.3 Å². The normalized spacial score (nSPS) is 18.1. The first-order chi connectivity index (χ1) is 11.0. The minimum atomic E-state index is -0.0616. The minimum Gasteiger partial charge on any atom is -0.372 e. The smallest absolute Gasteiger partial charge is 0.188 e. The monoisotopic (exact) mass is 310 g/mol. The summed E-state index contributed by atoms with van der Waals surface area (Å²) < 4.78 is 7.54. The summed E-state index contributed by atoms with van der Waals surface area (Å²) >= 11 is 0. The highest BCUT2D eigenvalue weighted by Crippen LogP contribution is 2.30. The van der Waals surface area contributed by atoms with E-state index in [1.165, 1.54) is 5.56 Å². The van der Waals surface area contributed by atoms with E-state index in [1.807, 2.05) is 0 Å². The molecule has 0 spiro atoms. The van der Waals surface area contributed by atoms with Gasteiger partial charge in [-0.25, -0.2) is 4.68 Å². The molecule has 1 aliphatic heterocycles. The molecule has 5 nitrogen and oxygen atoms in total. The van der Waals surface area contributed by atoms with E-state index in [1.54, 1.807) is 4.68 Å². The Hall–Kier alpha value is -2.19. The van der Waals surface area contributed by atoms with Crippen LogP contribution in [0.3, 0.4) is 0 Å². The Morgan fingerprint density at radius 1 is 1.30 bits per heavy atom. The molecular formula is C18H22N4O. The van der Waals surface area contributed by atoms with Crippen LogP contribution in [0.4, 0.5) is 0 Å². The molecule has 0 amide bonds. The SMILES string of the molecule is CC(C)(C)c1ccc(Cn2nnc(C#N)c2C2CCCO2)cc1. The molecule has 3 rings (SSSR count). The van der Waals surface area contributed by atoms with Crippen molar-refractivity contribution >= 4 is 0 Å². The number of nitrogens with zero attached hydrogens (tertiary/aromatic N) is 4. The van der Waals surface area contributed by atoms with Gasteiger partial charge in [-0.3, -0.25) is 0 Å². The summed E-state index contributed by atoms with van der Waals surface area (Å²) in [5.41, 5.74) is 3.78. The Balaban J connectivity index is 1.86. The van der Waals surface area contributed by atoms with Gasteiger partial charge >= 0.3 is 0 Å². The van der Waals surface area contributed by atoms with Crippen LogP contribution < -0.4 is 0 Å². The lowest BCUT2D eigenvalue weighted by Crippen LogP contribution is -2.13. The maximum absolute atomic E-state index is 9.26. The van der Waals surface area contributed by atoms with E-state index < -0.39 is 0 Å². The molecular weight excluding hydrogens is 288 g/mol. The van der Waals surface area contributed by atoms with Crippen molar-refractivity contribution in [1.29, 1.82) is 5.26 Å². The van der Waals surface area contributed by atoms with Crippen LogP contribution in [0.5, 0.6) is 0 Å². The van der Waals surface area contributed by atoms with Crippen LogP contribution >= 0.6 is 0 Å². The molecule has 2 heterocycles. The maximum Gasteiger partial charge on any atom is 0.188 e. The summed E-state index contributed by atoms with van der Waals surface area (Å²) in [7, 11) is 0. The van der Waals surface area contributed by atoms with Crippen LogP contribution in [0.15, 0.2) is 24.3 Å². The lowest BCUT2D eigenvalue weighted by Gasteiger charge is -2.19. The molecule has 0 bridgehead atoms. The van der Waals surface area contributed by atoms with Gasteiger partial charge in [0, 0.05) is 6.61 Å². The molecule has 2 aromatic rings. The van der Waals surface area contributed by atoms with Crippen LogP contribution in [0.1, 0.15) is 62.2 Å². The third-order valence-electron chi connectivity index (χ3n) is 4.27. The Labute approximate surface area is 136 Å². The second kappa shape index (κ2) is 6.13. The van der Waals surface area contributed by atoms with Gasteiger partial charge in [0.15, 0.2) is 5.69 Å². The molecule has 0 saturated carbocycles. The molecule has 0 aliphatic carbocycles. The van der Waals surface area contributed by atoms with E-state index in [4.69, 9.17) is 4.74 Å². The number of hydrogen-bond donors (Lipinski definition) is 0. The molecule has 1 aromatic heterocycles. The fraction of sp³-hybridized carbons (Fsp3) is 0.500. The first-order valence-electron chi connectivity index (χ1n) is 8.03. The van der Waals surface area contributed by atoms with Crippen molar-refractivity contribution in [2.75, 3.05) is 6.61 Å². The second-order valence-corrected chi connectivity index (χ2v) is 7.04. The largest absolute Gasteiger partial charge is 0.372 e. The molecule has 120 valence electrons. The fourth-order valence-corrected chi connectivity index (χ4v) is 2.91. The van der Waals surface area contributed by atoms with E-state index in [0.717, 1.165) is 30.7 Å². The Kier molecular flexibility index (Phi) is 4.18. The van der Waals surface area contributed by atoms with Crippen LogP contribution in [-0.2, 0) is 16.7 Å². The van der Waals surface area contributed by atoms with Crippen molar-refractivity contribution in [1.82, 2.24) is 15.0 Å². The fourth-order valence-electron chi connectivity index (χ4n) is 2.91.